The second-order valence-corrected chi connectivity index (χ2v) is 6.90. The van der Waals surface area contributed by atoms with Gasteiger partial charge in [-0.1, -0.05) is 0 Å². The van der Waals surface area contributed by atoms with Gasteiger partial charge in [-0.25, -0.2) is 15.0 Å². The van der Waals surface area contributed by atoms with Gasteiger partial charge in [0.1, 0.15) is 5.82 Å². The predicted octanol–water partition coefficient (Wildman–Crippen LogP) is 0.769. The summed E-state index contributed by atoms with van der Waals surface area (Å²) in [5, 5.41) is 0. The molecule has 8 heteroatoms. The highest BCUT2D eigenvalue weighted by Gasteiger charge is 2.28. The summed E-state index contributed by atoms with van der Waals surface area (Å²) >= 11 is 0. The van der Waals surface area contributed by atoms with E-state index in [1.54, 1.807) is 17.3 Å². The van der Waals surface area contributed by atoms with Gasteiger partial charge in [0.25, 0.3) is 11.5 Å². The standard InChI is InChI=1S/C18H21N5O3/c24-16-6-15(21-11-22-16)5-12-9-23(3-4-26-10-12)18(25)14-7-19-17(20-8-14)13-1-2-13/h6-8,11-13H,1-5,9-10H2,(H,21,22,24). The van der Waals surface area contributed by atoms with Crippen LogP contribution in [0.25, 0.3) is 0 Å². The Morgan fingerprint density at radius 2 is 2.08 bits per heavy atom. The number of hydrogen-bond acceptors (Lipinski definition) is 6. The number of H-pyrrole nitrogens is 1. The van der Waals surface area contributed by atoms with Crippen molar-refractivity contribution in [2.75, 3.05) is 26.3 Å². The van der Waals surface area contributed by atoms with Gasteiger partial charge in [-0.15, -0.1) is 0 Å². The lowest BCUT2D eigenvalue weighted by Gasteiger charge is -2.23. The van der Waals surface area contributed by atoms with Crippen LogP contribution in [0.15, 0.2) is 29.6 Å². The Morgan fingerprint density at radius 1 is 1.27 bits per heavy atom. The van der Waals surface area contributed by atoms with E-state index in [0.29, 0.717) is 49.9 Å². The highest BCUT2D eigenvalue weighted by atomic mass is 16.5. The number of rotatable bonds is 4. The van der Waals surface area contributed by atoms with E-state index in [4.69, 9.17) is 4.74 Å². The molecule has 0 bridgehead atoms. The average Bonchev–Trinajstić information content (AvgIpc) is 3.49. The number of aromatic amines is 1. The van der Waals surface area contributed by atoms with Crippen molar-refractivity contribution < 1.29 is 9.53 Å². The van der Waals surface area contributed by atoms with Gasteiger partial charge in [-0.05, 0) is 19.3 Å². The Morgan fingerprint density at radius 3 is 2.81 bits per heavy atom. The van der Waals surface area contributed by atoms with E-state index in [0.717, 1.165) is 18.7 Å². The van der Waals surface area contributed by atoms with Gasteiger partial charge >= 0.3 is 0 Å². The third kappa shape index (κ3) is 3.96. The van der Waals surface area contributed by atoms with E-state index >= 15 is 0 Å². The Balaban J connectivity index is 1.44. The van der Waals surface area contributed by atoms with E-state index in [2.05, 4.69) is 19.9 Å². The van der Waals surface area contributed by atoms with Crippen LogP contribution in [-0.4, -0.2) is 57.0 Å². The third-order valence-corrected chi connectivity index (χ3v) is 4.72. The number of amides is 1. The van der Waals surface area contributed by atoms with Crippen molar-refractivity contribution >= 4 is 5.91 Å². The minimum Gasteiger partial charge on any atom is -0.379 e. The molecule has 1 aliphatic heterocycles. The van der Waals surface area contributed by atoms with Gasteiger partial charge in [0, 0.05) is 49.1 Å². The van der Waals surface area contributed by atoms with Crippen LogP contribution in [0.1, 0.15) is 40.6 Å². The summed E-state index contributed by atoms with van der Waals surface area (Å²) in [5.41, 5.74) is 1.03. The zero-order valence-electron chi connectivity index (χ0n) is 14.4. The smallest absolute Gasteiger partial charge is 0.257 e. The lowest BCUT2D eigenvalue weighted by atomic mass is 10.0. The molecule has 1 unspecified atom stereocenters. The van der Waals surface area contributed by atoms with Crippen molar-refractivity contribution in [2.45, 2.75) is 25.2 Å². The molecule has 8 nitrogen and oxygen atoms in total. The Hall–Kier alpha value is -2.61. The summed E-state index contributed by atoms with van der Waals surface area (Å²) < 4.78 is 5.65. The van der Waals surface area contributed by atoms with Crippen LogP contribution in [0.4, 0.5) is 0 Å². The SMILES string of the molecule is O=C(c1cnc(C2CC2)nc1)N1CCOCC(Cc2cc(=O)[nH]cn2)C1. The topological polar surface area (TPSA) is 101 Å². The Kier molecular flexibility index (Phi) is 4.75. The second kappa shape index (κ2) is 7.33. The molecule has 26 heavy (non-hydrogen) atoms. The Labute approximate surface area is 150 Å². The van der Waals surface area contributed by atoms with Crippen LogP contribution < -0.4 is 5.56 Å². The first-order chi connectivity index (χ1) is 12.7. The van der Waals surface area contributed by atoms with E-state index in [-0.39, 0.29) is 17.4 Å². The summed E-state index contributed by atoms with van der Waals surface area (Å²) in [6.07, 6.45) is 7.51. The normalized spacial score (nSPS) is 20.6. The quantitative estimate of drug-likeness (QED) is 0.869. The number of carbonyl (C=O) groups is 1. The molecule has 1 N–H and O–H groups in total. The maximum Gasteiger partial charge on any atom is 0.257 e. The molecule has 0 spiro atoms. The zero-order valence-corrected chi connectivity index (χ0v) is 14.4. The first kappa shape index (κ1) is 16.8. The van der Waals surface area contributed by atoms with Crippen molar-refractivity contribution in [3.63, 3.8) is 0 Å². The van der Waals surface area contributed by atoms with E-state index in [1.165, 1.54) is 12.4 Å². The summed E-state index contributed by atoms with van der Waals surface area (Å²) in [6, 6.07) is 1.49. The van der Waals surface area contributed by atoms with Crippen LogP contribution in [0, 0.1) is 5.92 Å². The minimum atomic E-state index is -0.176. The van der Waals surface area contributed by atoms with Crippen LogP contribution in [0.5, 0.6) is 0 Å². The lowest BCUT2D eigenvalue weighted by Crippen LogP contribution is -2.36. The molecule has 1 saturated carbocycles. The highest BCUT2D eigenvalue weighted by Crippen LogP contribution is 2.37. The van der Waals surface area contributed by atoms with Crippen molar-refractivity contribution in [2.24, 2.45) is 5.92 Å². The predicted molar refractivity (Wildman–Crippen MR) is 92.8 cm³/mol. The summed E-state index contributed by atoms with van der Waals surface area (Å²) in [5.74, 6) is 1.31. The van der Waals surface area contributed by atoms with Gasteiger partial charge in [0.05, 0.1) is 25.1 Å². The first-order valence-electron chi connectivity index (χ1n) is 8.91. The summed E-state index contributed by atoms with van der Waals surface area (Å²) in [7, 11) is 0. The summed E-state index contributed by atoms with van der Waals surface area (Å²) in [4.78, 5) is 41.4. The number of aromatic nitrogens is 4. The molecule has 1 saturated heterocycles. The van der Waals surface area contributed by atoms with Crippen LogP contribution in [0.3, 0.4) is 0 Å². The second-order valence-electron chi connectivity index (χ2n) is 6.90. The number of carbonyl (C=O) groups excluding carboxylic acids is 1. The molecule has 2 fully saturated rings. The molecular formula is C18H21N5O3. The number of ether oxygens (including phenoxy) is 1. The molecular weight excluding hydrogens is 334 g/mol. The molecule has 136 valence electrons. The number of nitrogens with zero attached hydrogens (tertiary/aromatic N) is 4. The monoisotopic (exact) mass is 355 g/mol. The largest absolute Gasteiger partial charge is 0.379 e. The molecule has 1 amide bonds. The van der Waals surface area contributed by atoms with E-state index in [9.17, 15) is 9.59 Å². The average molecular weight is 355 g/mol. The fraction of sp³-hybridized carbons (Fsp3) is 0.500. The molecule has 2 aliphatic rings. The number of hydrogen-bond donors (Lipinski definition) is 1. The molecule has 0 aromatic carbocycles. The third-order valence-electron chi connectivity index (χ3n) is 4.72. The van der Waals surface area contributed by atoms with Crippen molar-refractivity contribution in [3.8, 4) is 0 Å². The molecule has 3 heterocycles. The fourth-order valence-corrected chi connectivity index (χ4v) is 3.19. The highest BCUT2D eigenvalue weighted by molar-refractivity contribution is 5.93. The lowest BCUT2D eigenvalue weighted by molar-refractivity contribution is 0.0736. The van der Waals surface area contributed by atoms with Crippen LogP contribution >= 0.6 is 0 Å². The van der Waals surface area contributed by atoms with Gasteiger partial charge in [0.2, 0.25) is 0 Å². The molecule has 4 rings (SSSR count). The van der Waals surface area contributed by atoms with Crippen molar-refractivity contribution in [1.82, 2.24) is 24.8 Å². The van der Waals surface area contributed by atoms with E-state index < -0.39 is 0 Å². The zero-order chi connectivity index (χ0) is 17.9. The van der Waals surface area contributed by atoms with Gasteiger partial charge in [-0.2, -0.15) is 0 Å². The molecule has 0 radical (unpaired) electrons. The van der Waals surface area contributed by atoms with Crippen LogP contribution in [-0.2, 0) is 11.2 Å². The van der Waals surface area contributed by atoms with Gasteiger partial charge in [0.15, 0.2) is 0 Å². The summed E-state index contributed by atoms with van der Waals surface area (Å²) in [6.45, 7) is 2.11. The van der Waals surface area contributed by atoms with E-state index in [1.807, 2.05) is 0 Å². The molecule has 2 aromatic rings. The minimum absolute atomic E-state index is 0.0817. The fourth-order valence-electron chi connectivity index (χ4n) is 3.19. The van der Waals surface area contributed by atoms with Crippen molar-refractivity contribution in [3.05, 3.63) is 52.2 Å². The van der Waals surface area contributed by atoms with Crippen LogP contribution in [0.2, 0.25) is 0 Å². The maximum atomic E-state index is 12.8. The molecule has 1 atom stereocenters. The van der Waals surface area contributed by atoms with Gasteiger partial charge < -0.3 is 14.6 Å². The molecule has 2 aromatic heterocycles. The van der Waals surface area contributed by atoms with Gasteiger partial charge in [-0.3, -0.25) is 9.59 Å². The molecule has 1 aliphatic carbocycles. The van der Waals surface area contributed by atoms with Crippen molar-refractivity contribution in [1.29, 1.82) is 0 Å². The first-order valence-corrected chi connectivity index (χ1v) is 8.91. The Bertz CT molecular complexity index is 831. The number of nitrogens with one attached hydrogen (secondary N) is 1. The maximum absolute atomic E-state index is 12.8.